The molecule has 0 heterocycles. The Balaban J connectivity index is 0. The molecule has 0 saturated carbocycles. The van der Waals surface area contributed by atoms with Crippen molar-refractivity contribution in [2.24, 2.45) is 0 Å². The number of carbonyl (C=O) groups is 3. The molecule has 6 nitrogen and oxygen atoms in total. The number of alkyl halides is 3. The normalized spacial score (nSPS) is 11.4. The number of rotatable bonds is 3. The molecule has 0 aliphatic rings. The highest BCUT2D eigenvalue weighted by Gasteiger charge is 2.24. The van der Waals surface area contributed by atoms with Crippen LogP contribution in [0.3, 0.4) is 0 Å². The van der Waals surface area contributed by atoms with E-state index in [0.717, 1.165) is 0 Å². The van der Waals surface area contributed by atoms with Gasteiger partial charge in [-0.1, -0.05) is 5.92 Å². The quantitative estimate of drug-likeness (QED) is 0.596. The molecule has 0 aromatic carbocycles. The third kappa shape index (κ3) is 12.7. The highest BCUT2D eigenvalue weighted by molar-refractivity contribution is 5.93. The summed E-state index contributed by atoms with van der Waals surface area (Å²) >= 11 is 0. The van der Waals surface area contributed by atoms with Crippen LogP contribution in [0.15, 0.2) is 0 Å². The minimum atomic E-state index is -4.64. The first kappa shape index (κ1) is 21.2. The van der Waals surface area contributed by atoms with Crippen LogP contribution >= 0.6 is 0 Å². The molecule has 0 radical (unpaired) electrons. The molecule has 0 aliphatic carbocycles. The van der Waals surface area contributed by atoms with Crippen molar-refractivity contribution in [1.29, 1.82) is 0 Å². The Morgan fingerprint density at radius 3 is 2.00 bits per heavy atom. The highest BCUT2D eigenvalue weighted by Crippen LogP contribution is 2.08. The maximum absolute atomic E-state index is 11.0. The first-order chi connectivity index (χ1) is 9.42. The molecule has 0 bridgehead atoms. The van der Waals surface area contributed by atoms with Crippen molar-refractivity contribution in [2.75, 3.05) is 27.7 Å². The van der Waals surface area contributed by atoms with Gasteiger partial charge in [-0.3, -0.25) is 19.3 Å². The molecule has 0 unspecified atom stereocenters. The van der Waals surface area contributed by atoms with Gasteiger partial charge in [-0.2, -0.15) is 13.2 Å². The molecule has 1 amide bonds. The van der Waals surface area contributed by atoms with E-state index in [4.69, 9.17) is 9.90 Å². The molecule has 120 valence electrons. The van der Waals surface area contributed by atoms with Crippen molar-refractivity contribution in [2.45, 2.75) is 19.1 Å². The number of likely N-dealkylation sites (N-methyl/N-ethyl adjacent to an activating group) is 1. The smallest absolute Gasteiger partial charge is 0.446 e. The Morgan fingerprint density at radius 1 is 1.29 bits per heavy atom. The Hall–Kier alpha value is -2.08. The molecule has 0 rings (SSSR count). The Bertz CT molecular complexity index is 424. The van der Waals surface area contributed by atoms with Gasteiger partial charge < -0.3 is 10.0 Å². The van der Waals surface area contributed by atoms with Crippen LogP contribution in [0.5, 0.6) is 0 Å². The van der Waals surface area contributed by atoms with Crippen molar-refractivity contribution in [3.63, 3.8) is 0 Å². The van der Waals surface area contributed by atoms with E-state index >= 15 is 0 Å². The van der Waals surface area contributed by atoms with Crippen LogP contribution < -0.4 is 0 Å². The maximum atomic E-state index is 11.0. The number of carbonyl (C=O) groups excluding carboxylic acids is 2. The number of amides is 1. The van der Waals surface area contributed by atoms with Crippen molar-refractivity contribution >= 4 is 18.2 Å². The number of carboxylic acids is 1. The third-order valence-electron chi connectivity index (χ3n) is 2.08. The van der Waals surface area contributed by atoms with Gasteiger partial charge in [0.25, 0.3) is 5.91 Å². The lowest BCUT2D eigenvalue weighted by atomic mass is 10.3. The lowest BCUT2D eigenvalue weighted by molar-refractivity contribution is -0.156. The summed E-state index contributed by atoms with van der Waals surface area (Å²) in [5.41, 5.74) is 0. The number of carboxylic acid groups (broad SMARTS) is 1. The van der Waals surface area contributed by atoms with Crippen LogP contribution in [-0.4, -0.2) is 73.0 Å². The number of halogens is 3. The lowest BCUT2D eigenvalue weighted by Crippen LogP contribution is -2.36. The second kappa shape index (κ2) is 9.77. The zero-order valence-electron chi connectivity index (χ0n) is 12.1. The van der Waals surface area contributed by atoms with Gasteiger partial charge in [0.15, 0.2) is 0 Å². The van der Waals surface area contributed by atoms with Crippen LogP contribution in [-0.2, 0) is 14.4 Å². The van der Waals surface area contributed by atoms with Gasteiger partial charge in [-0.05, 0) is 19.9 Å². The Morgan fingerprint density at radius 2 is 1.71 bits per heavy atom. The summed E-state index contributed by atoms with van der Waals surface area (Å²) in [6.45, 7) is 1.82. The molecule has 0 aliphatic heterocycles. The first-order valence-electron chi connectivity index (χ1n) is 5.58. The summed E-state index contributed by atoms with van der Waals surface area (Å²) in [7, 11) is 4.87. The molecule has 1 N–H and O–H groups in total. The number of nitrogens with zero attached hydrogens (tertiary/aromatic N) is 2. The molecule has 0 saturated heterocycles. The second-order valence-electron chi connectivity index (χ2n) is 4.09. The van der Waals surface area contributed by atoms with Crippen molar-refractivity contribution in [3.05, 3.63) is 0 Å². The second-order valence-corrected chi connectivity index (χ2v) is 4.09. The number of aliphatic carboxylic acids is 1. The van der Waals surface area contributed by atoms with Crippen LogP contribution in [0, 0.1) is 11.8 Å². The van der Waals surface area contributed by atoms with Crippen molar-refractivity contribution < 1.29 is 32.7 Å². The maximum Gasteiger partial charge on any atom is 0.446 e. The molecule has 0 aromatic rings. The van der Waals surface area contributed by atoms with E-state index in [2.05, 4.69) is 11.8 Å². The van der Waals surface area contributed by atoms with Gasteiger partial charge in [-0.25, -0.2) is 0 Å². The molecule has 1 atom stereocenters. The van der Waals surface area contributed by atoms with E-state index in [-0.39, 0.29) is 12.5 Å². The fraction of sp³-hybridized carbons (Fsp3) is 0.583. The fourth-order valence-corrected chi connectivity index (χ4v) is 0.677. The first-order valence-corrected chi connectivity index (χ1v) is 5.58. The predicted octanol–water partition coefficient (Wildman–Crippen LogP) is 0.230. The van der Waals surface area contributed by atoms with Crippen molar-refractivity contribution in [1.82, 2.24) is 9.80 Å². The zero-order valence-corrected chi connectivity index (χ0v) is 12.1. The van der Waals surface area contributed by atoms with Crippen LogP contribution in [0.4, 0.5) is 13.2 Å². The highest BCUT2D eigenvalue weighted by atomic mass is 19.4. The summed E-state index contributed by atoms with van der Waals surface area (Å²) < 4.78 is 31.2. The average molecular weight is 310 g/mol. The van der Waals surface area contributed by atoms with Gasteiger partial charge >= 0.3 is 12.1 Å². The SMILES string of the molecule is C[C@@H](C(=O)O)N(C)CC#CC(=O)N(C)C.O=CC(F)(F)F. The van der Waals surface area contributed by atoms with E-state index in [1.165, 1.54) is 4.90 Å². The minimum Gasteiger partial charge on any atom is -0.480 e. The molecule has 0 spiro atoms. The standard InChI is InChI=1S/C10H16N2O3.C2HF3O/c1-8(10(14)15)12(4)7-5-6-9(13)11(2)3;3-2(4,5)1-6/h8H,7H2,1-4H3,(H,14,15);1H/t8-;/m0./s1. The molecule has 0 aromatic heterocycles. The van der Waals surface area contributed by atoms with Crippen molar-refractivity contribution in [3.8, 4) is 11.8 Å². The number of hydrogen-bond donors (Lipinski definition) is 1. The Kier molecular flexibility index (Phi) is 9.87. The van der Waals surface area contributed by atoms with Gasteiger partial charge in [0.2, 0.25) is 6.29 Å². The summed E-state index contributed by atoms with van der Waals surface area (Å²) in [6.07, 6.45) is -5.70. The lowest BCUT2D eigenvalue weighted by Gasteiger charge is -2.17. The largest absolute Gasteiger partial charge is 0.480 e. The molecule has 9 heteroatoms. The van der Waals surface area contributed by atoms with Crippen LogP contribution in [0.25, 0.3) is 0 Å². The van der Waals surface area contributed by atoms with Gasteiger partial charge in [0.05, 0.1) is 6.54 Å². The monoisotopic (exact) mass is 310 g/mol. The molecular formula is C12H17F3N2O4. The van der Waals surface area contributed by atoms with E-state index in [9.17, 15) is 22.8 Å². The molecular weight excluding hydrogens is 293 g/mol. The van der Waals surface area contributed by atoms with E-state index < -0.39 is 24.5 Å². The van der Waals surface area contributed by atoms with Crippen LogP contribution in [0.1, 0.15) is 6.92 Å². The fourth-order valence-electron chi connectivity index (χ4n) is 0.677. The van der Waals surface area contributed by atoms with E-state index in [1.54, 1.807) is 33.0 Å². The third-order valence-corrected chi connectivity index (χ3v) is 2.08. The zero-order chi connectivity index (χ0) is 17.2. The number of aldehydes is 1. The Labute approximate surface area is 120 Å². The minimum absolute atomic E-state index is 0.257. The van der Waals surface area contributed by atoms with Gasteiger partial charge in [0, 0.05) is 14.1 Å². The molecule has 21 heavy (non-hydrogen) atoms. The predicted molar refractivity (Wildman–Crippen MR) is 68.3 cm³/mol. The molecule has 0 fully saturated rings. The topological polar surface area (TPSA) is 77.9 Å². The van der Waals surface area contributed by atoms with Gasteiger partial charge in [-0.15, -0.1) is 0 Å². The van der Waals surface area contributed by atoms with E-state index in [0.29, 0.717) is 0 Å². The van der Waals surface area contributed by atoms with Gasteiger partial charge in [0.1, 0.15) is 6.04 Å². The summed E-state index contributed by atoms with van der Waals surface area (Å²) in [4.78, 5) is 33.3. The summed E-state index contributed by atoms with van der Waals surface area (Å²) in [5, 5.41) is 8.68. The number of hydrogen-bond acceptors (Lipinski definition) is 4. The average Bonchev–Trinajstić information content (AvgIpc) is 2.37. The summed E-state index contributed by atoms with van der Waals surface area (Å²) in [6, 6.07) is -0.603. The van der Waals surface area contributed by atoms with Crippen LogP contribution in [0.2, 0.25) is 0 Å². The van der Waals surface area contributed by atoms with E-state index in [1.807, 2.05) is 0 Å². The summed E-state index contributed by atoms with van der Waals surface area (Å²) in [5.74, 6) is 3.84.